The van der Waals surface area contributed by atoms with Crippen LogP contribution in [0.25, 0.3) is 0 Å². The van der Waals surface area contributed by atoms with Crippen LogP contribution in [0.3, 0.4) is 0 Å². The lowest BCUT2D eigenvalue weighted by Crippen LogP contribution is -2.20. The Morgan fingerprint density at radius 1 is 0.371 bits per heavy atom. The molecule has 3 aromatic carbocycles. The lowest BCUT2D eigenvalue weighted by Gasteiger charge is -2.18. The first-order valence-electron chi connectivity index (χ1n) is 13.8. The van der Waals surface area contributed by atoms with Crippen molar-refractivity contribution in [2.75, 3.05) is 0 Å². The molecule has 0 N–H and O–H groups in total. The second kappa shape index (κ2) is 21.8. The smallest absolute Gasteiger partial charge is 0.0134 e. The molecule has 0 atom stereocenters. The van der Waals surface area contributed by atoms with Crippen LogP contribution in [0.5, 0.6) is 0 Å². The second-order valence-electron chi connectivity index (χ2n) is 9.23. The average molecular weight is 556 g/mol. The molecule has 0 bridgehead atoms. The third kappa shape index (κ3) is 14.0. The molecule has 3 rings (SSSR count). The van der Waals surface area contributed by atoms with Crippen molar-refractivity contribution in [1.82, 2.24) is 0 Å². The zero-order chi connectivity index (χ0) is 24.1. The number of rotatable bonds is 15. The van der Waals surface area contributed by atoms with Gasteiger partial charge in [0.25, 0.3) is 0 Å². The molecule has 0 aliphatic carbocycles. The molecule has 0 fully saturated rings. The molecule has 192 valence electrons. The first-order chi connectivity index (χ1) is 16.9. The standard InChI is InChI=1S/C18H15P.C15H32.BrH/c1-4-10-16(11-5-1)19(17-12-6-2-7-13-17)18-14-8-3-9-15-18;1-3-5-7-9-11-13-15-14-12-10-8-6-4-2;/h1-15H;3-15H2,1-2H3;1H. The van der Waals surface area contributed by atoms with Gasteiger partial charge in [0.2, 0.25) is 0 Å². The predicted octanol–water partition coefficient (Wildman–Crippen LogP) is 10.1. The Labute approximate surface area is 228 Å². The summed E-state index contributed by atoms with van der Waals surface area (Å²) in [5.41, 5.74) is 0. The van der Waals surface area contributed by atoms with E-state index in [-0.39, 0.29) is 17.0 Å². The van der Waals surface area contributed by atoms with Crippen molar-refractivity contribution in [3.05, 3.63) is 91.0 Å². The second-order valence-corrected chi connectivity index (χ2v) is 11.5. The lowest BCUT2D eigenvalue weighted by molar-refractivity contribution is 0.542. The highest BCUT2D eigenvalue weighted by Gasteiger charge is 2.14. The molecule has 0 heterocycles. The van der Waals surface area contributed by atoms with Gasteiger partial charge >= 0.3 is 0 Å². The Hall–Kier alpha value is -1.43. The quantitative estimate of drug-likeness (QED) is 0.129. The summed E-state index contributed by atoms with van der Waals surface area (Å²) >= 11 is 0. The van der Waals surface area contributed by atoms with Crippen molar-refractivity contribution < 1.29 is 0 Å². The highest BCUT2D eigenvalue weighted by molar-refractivity contribution is 8.93. The van der Waals surface area contributed by atoms with Crippen molar-refractivity contribution in [1.29, 1.82) is 0 Å². The third-order valence-electron chi connectivity index (χ3n) is 6.25. The van der Waals surface area contributed by atoms with E-state index >= 15 is 0 Å². The average Bonchev–Trinajstić information content (AvgIpc) is 2.90. The molecule has 0 aliphatic heterocycles. The highest BCUT2D eigenvalue weighted by atomic mass is 79.9. The van der Waals surface area contributed by atoms with Crippen molar-refractivity contribution in [3.63, 3.8) is 0 Å². The highest BCUT2D eigenvalue weighted by Crippen LogP contribution is 2.32. The van der Waals surface area contributed by atoms with E-state index in [1.165, 1.54) is 99.4 Å². The van der Waals surface area contributed by atoms with Gasteiger partial charge in [0, 0.05) is 0 Å². The molecule has 0 aromatic heterocycles. The summed E-state index contributed by atoms with van der Waals surface area (Å²) in [6.07, 6.45) is 18.9. The van der Waals surface area contributed by atoms with E-state index in [0.717, 1.165) is 0 Å². The van der Waals surface area contributed by atoms with Gasteiger partial charge in [-0.3, -0.25) is 0 Å². The molecule has 0 radical (unpaired) electrons. The molecular formula is C33H48BrP. The molecular weight excluding hydrogens is 507 g/mol. The maximum atomic E-state index is 2.29. The summed E-state index contributed by atoms with van der Waals surface area (Å²) in [4.78, 5) is 0. The van der Waals surface area contributed by atoms with E-state index in [9.17, 15) is 0 Å². The van der Waals surface area contributed by atoms with Crippen molar-refractivity contribution >= 4 is 40.8 Å². The van der Waals surface area contributed by atoms with Crippen LogP contribution in [-0.4, -0.2) is 0 Å². The fourth-order valence-corrected chi connectivity index (χ4v) is 6.57. The van der Waals surface area contributed by atoms with Crippen LogP contribution in [0.15, 0.2) is 91.0 Å². The number of unbranched alkanes of at least 4 members (excludes halogenated alkanes) is 12. The van der Waals surface area contributed by atoms with E-state index in [1.807, 2.05) is 0 Å². The van der Waals surface area contributed by atoms with Gasteiger partial charge in [0.05, 0.1) is 0 Å². The lowest BCUT2D eigenvalue weighted by atomic mass is 10.1. The number of benzene rings is 3. The monoisotopic (exact) mass is 554 g/mol. The van der Waals surface area contributed by atoms with Crippen LogP contribution in [0.4, 0.5) is 0 Å². The van der Waals surface area contributed by atoms with Crippen molar-refractivity contribution in [2.24, 2.45) is 0 Å². The van der Waals surface area contributed by atoms with Gasteiger partial charge in [0.1, 0.15) is 0 Å². The normalized spacial score (nSPS) is 10.4. The van der Waals surface area contributed by atoms with Crippen LogP contribution in [0.2, 0.25) is 0 Å². The van der Waals surface area contributed by atoms with E-state index in [1.54, 1.807) is 0 Å². The summed E-state index contributed by atoms with van der Waals surface area (Å²) in [5, 5.41) is 4.19. The largest absolute Gasteiger partial charge is 0.114 e. The molecule has 35 heavy (non-hydrogen) atoms. The van der Waals surface area contributed by atoms with E-state index < -0.39 is 7.92 Å². The third-order valence-corrected chi connectivity index (χ3v) is 8.69. The van der Waals surface area contributed by atoms with Crippen molar-refractivity contribution in [2.45, 2.75) is 97.3 Å². The van der Waals surface area contributed by atoms with Crippen molar-refractivity contribution in [3.8, 4) is 0 Å². The van der Waals surface area contributed by atoms with Crippen LogP contribution in [-0.2, 0) is 0 Å². The molecule has 2 heteroatoms. The molecule has 0 saturated carbocycles. The molecule has 0 aliphatic rings. The summed E-state index contributed by atoms with van der Waals surface area (Å²) in [6.45, 7) is 4.58. The van der Waals surface area contributed by atoms with Gasteiger partial charge in [-0.25, -0.2) is 0 Å². The fraction of sp³-hybridized carbons (Fsp3) is 0.455. The zero-order valence-electron chi connectivity index (χ0n) is 22.2. The maximum absolute atomic E-state index is 2.29. The van der Waals surface area contributed by atoms with Gasteiger partial charge in [0.15, 0.2) is 0 Å². The van der Waals surface area contributed by atoms with Crippen LogP contribution < -0.4 is 15.9 Å². The Bertz CT molecular complexity index is 714. The topological polar surface area (TPSA) is 0 Å². The number of halogens is 1. The Morgan fingerprint density at radius 3 is 0.829 bits per heavy atom. The number of hydrogen-bond acceptors (Lipinski definition) is 0. The minimum absolute atomic E-state index is 0. The van der Waals surface area contributed by atoms with E-state index in [0.29, 0.717) is 0 Å². The van der Waals surface area contributed by atoms with Gasteiger partial charge in [-0.05, 0) is 23.8 Å². The molecule has 0 amide bonds. The molecule has 3 aromatic rings. The van der Waals surface area contributed by atoms with Crippen LogP contribution >= 0.6 is 24.9 Å². The summed E-state index contributed by atoms with van der Waals surface area (Å²) in [6, 6.07) is 32.3. The first-order valence-corrected chi connectivity index (χ1v) is 15.2. The molecule has 0 unspecified atom stereocenters. The summed E-state index contributed by atoms with van der Waals surface area (Å²) < 4.78 is 0. The summed E-state index contributed by atoms with van der Waals surface area (Å²) in [7, 11) is -0.446. The van der Waals surface area contributed by atoms with E-state index in [2.05, 4.69) is 105 Å². The van der Waals surface area contributed by atoms with E-state index in [4.69, 9.17) is 0 Å². The van der Waals surface area contributed by atoms with Crippen LogP contribution in [0.1, 0.15) is 97.3 Å². The SMILES string of the molecule is Br.CCCCCCCCCCCCCCC.c1ccc(P(c2ccccc2)c2ccccc2)cc1. The summed E-state index contributed by atoms with van der Waals surface area (Å²) in [5.74, 6) is 0. The maximum Gasteiger partial charge on any atom is -0.0134 e. The predicted molar refractivity (Wildman–Crippen MR) is 167 cm³/mol. The van der Waals surface area contributed by atoms with Gasteiger partial charge in [-0.1, -0.05) is 188 Å². The Balaban J connectivity index is 0.000000352. The molecule has 0 saturated heterocycles. The molecule has 0 nitrogen and oxygen atoms in total. The van der Waals surface area contributed by atoms with Gasteiger partial charge in [-0.15, -0.1) is 17.0 Å². The van der Waals surface area contributed by atoms with Gasteiger partial charge < -0.3 is 0 Å². The minimum Gasteiger partial charge on any atom is -0.114 e. The zero-order valence-corrected chi connectivity index (χ0v) is 24.8. The van der Waals surface area contributed by atoms with Crippen LogP contribution in [0, 0.1) is 0 Å². The van der Waals surface area contributed by atoms with Gasteiger partial charge in [-0.2, -0.15) is 0 Å². The fourth-order valence-electron chi connectivity index (χ4n) is 4.27. The first kappa shape index (κ1) is 31.6. The molecule has 0 spiro atoms. The number of hydrogen-bond donors (Lipinski definition) is 0. The Morgan fingerprint density at radius 2 is 0.600 bits per heavy atom. The Kier molecular flexibility index (Phi) is 19.7. The minimum atomic E-state index is -0.446.